The summed E-state index contributed by atoms with van der Waals surface area (Å²) >= 11 is 2.38. The largest absolute Gasteiger partial charge is 0.365 e. The van der Waals surface area contributed by atoms with Crippen molar-refractivity contribution in [3.63, 3.8) is 0 Å². The highest BCUT2D eigenvalue weighted by Gasteiger charge is 2.24. The van der Waals surface area contributed by atoms with Gasteiger partial charge in [0.05, 0.1) is 10.5 Å². The third-order valence-corrected chi connectivity index (χ3v) is 6.06. The Morgan fingerprint density at radius 1 is 1.24 bits per heavy atom. The minimum absolute atomic E-state index is 0.0157. The number of amides is 2. The number of carbonyl (C=O) groups is 2. The van der Waals surface area contributed by atoms with Crippen molar-refractivity contribution in [2.24, 2.45) is 5.73 Å². The molecule has 25 heavy (non-hydrogen) atoms. The Kier molecular flexibility index (Phi) is 4.95. The highest BCUT2D eigenvalue weighted by molar-refractivity contribution is 7.17. The first kappa shape index (κ1) is 17.3. The molecule has 0 unspecified atom stereocenters. The summed E-state index contributed by atoms with van der Waals surface area (Å²) in [5.74, 6) is -0.940. The predicted molar refractivity (Wildman–Crippen MR) is 98.1 cm³/mol. The van der Waals surface area contributed by atoms with Crippen LogP contribution in [-0.2, 0) is 17.6 Å². The van der Waals surface area contributed by atoms with Gasteiger partial charge in [-0.1, -0.05) is 11.3 Å². The number of primary amides is 1. The van der Waals surface area contributed by atoms with Gasteiger partial charge in [-0.3, -0.25) is 19.7 Å². The van der Waals surface area contributed by atoms with Crippen molar-refractivity contribution in [3.05, 3.63) is 49.2 Å². The normalized spacial score (nSPS) is 13.6. The lowest BCUT2D eigenvalue weighted by molar-refractivity contribution is -0.380. The zero-order chi connectivity index (χ0) is 18.0. The van der Waals surface area contributed by atoms with Crippen LogP contribution in [0.3, 0.4) is 0 Å². The van der Waals surface area contributed by atoms with E-state index in [-0.39, 0.29) is 5.00 Å². The molecule has 2 aromatic heterocycles. The van der Waals surface area contributed by atoms with Crippen LogP contribution in [0, 0.1) is 10.1 Å². The molecule has 1 aliphatic carbocycles. The van der Waals surface area contributed by atoms with E-state index in [1.54, 1.807) is 6.07 Å². The first-order chi connectivity index (χ1) is 12.0. The van der Waals surface area contributed by atoms with Gasteiger partial charge in [0, 0.05) is 21.9 Å². The number of hydrogen-bond acceptors (Lipinski definition) is 6. The van der Waals surface area contributed by atoms with Crippen molar-refractivity contribution < 1.29 is 14.5 Å². The van der Waals surface area contributed by atoms with Crippen molar-refractivity contribution >= 4 is 50.6 Å². The van der Waals surface area contributed by atoms with Gasteiger partial charge in [-0.2, -0.15) is 0 Å². The standard InChI is InChI=1S/C16H15N3O4S2/c17-15(21)14-10-3-1-2-4-11(10)25-16(14)18-12(20)7-5-9-6-8-13(24-9)19(22)23/h5-8H,1-4H2,(H2,17,21)(H,18,20)/b7-5+. The van der Waals surface area contributed by atoms with Crippen LogP contribution in [0.5, 0.6) is 0 Å². The minimum Gasteiger partial charge on any atom is -0.365 e. The SMILES string of the molecule is NC(=O)c1c(NC(=O)/C=C/c2ccc([N+](=O)[O-])s2)sc2c1CCCC2. The molecule has 1 aliphatic rings. The lowest BCUT2D eigenvalue weighted by Crippen LogP contribution is -2.17. The van der Waals surface area contributed by atoms with Gasteiger partial charge in [0.15, 0.2) is 0 Å². The van der Waals surface area contributed by atoms with Crippen molar-refractivity contribution in [1.29, 1.82) is 0 Å². The minimum atomic E-state index is -0.535. The quantitative estimate of drug-likeness (QED) is 0.472. The van der Waals surface area contributed by atoms with Crippen molar-refractivity contribution in [2.75, 3.05) is 5.32 Å². The number of fused-ring (bicyclic) bond motifs is 1. The van der Waals surface area contributed by atoms with Crippen LogP contribution >= 0.6 is 22.7 Å². The molecule has 3 N–H and O–H groups in total. The number of nitrogens with two attached hydrogens (primary N) is 1. The van der Waals surface area contributed by atoms with Crippen LogP contribution in [0.25, 0.3) is 6.08 Å². The molecule has 0 bridgehead atoms. The summed E-state index contributed by atoms with van der Waals surface area (Å²) in [4.78, 5) is 35.8. The maximum absolute atomic E-state index is 12.1. The van der Waals surface area contributed by atoms with Crippen molar-refractivity contribution in [1.82, 2.24) is 0 Å². The Hall–Kier alpha value is -2.52. The second-order valence-corrected chi connectivity index (χ2v) is 7.73. The number of rotatable bonds is 5. The molecule has 2 amide bonds. The van der Waals surface area contributed by atoms with Gasteiger partial charge < -0.3 is 11.1 Å². The monoisotopic (exact) mass is 377 g/mol. The smallest absolute Gasteiger partial charge is 0.324 e. The first-order valence-corrected chi connectivity index (χ1v) is 9.26. The van der Waals surface area contributed by atoms with Gasteiger partial charge in [-0.25, -0.2) is 0 Å². The van der Waals surface area contributed by atoms with Crippen molar-refractivity contribution in [3.8, 4) is 0 Å². The Labute approximate surface area is 151 Å². The second-order valence-electron chi connectivity index (χ2n) is 5.53. The molecule has 0 atom stereocenters. The summed E-state index contributed by atoms with van der Waals surface area (Å²) in [6.07, 6.45) is 6.56. The predicted octanol–water partition coefficient (Wildman–Crippen LogP) is 3.35. The molecule has 0 saturated carbocycles. The van der Waals surface area contributed by atoms with E-state index in [1.165, 1.54) is 29.6 Å². The summed E-state index contributed by atoms with van der Waals surface area (Å²) in [5, 5.41) is 13.9. The number of anilines is 1. The average Bonchev–Trinajstić information content (AvgIpc) is 3.17. The molecule has 130 valence electrons. The molecule has 9 heteroatoms. The molecule has 0 saturated heterocycles. The zero-order valence-electron chi connectivity index (χ0n) is 13.1. The Balaban J connectivity index is 1.76. The fraction of sp³-hybridized carbons (Fsp3) is 0.250. The molecule has 3 rings (SSSR count). The van der Waals surface area contributed by atoms with E-state index in [0.717, 1.165) is 47.5 Å². The first-order valence-electron chi connectivity index (χ1n) is 7.63. The summed E-state index contributed by atoms with van der Waals surface area (Å²) in [5.41, 5.74) is 6.86. The third-order valence-electron chi connectivity index (χ3n) is 3.85. The van der Waals surface area contributed by atoms with E-state index < -0.39 is 16.7 Å². The van der Waals surface area contributed by atoms with Crippen LogP contribution in [0.15, 0.2) is 18.2 Å². The molecular formula is C16H15N3O4S2. The number of hydrogen-bond donors (Lipinski definition) is 2. The highest BCUT2D eigenvalue weighted by Crippen LogP contribution is 2.37. The number of aryl methyl sites for hydroxylation is 1. The summed E-state index contributed by atoms with van der Waals surface area (Å²) in [6.45, 7) is 0. The van der Waals surface area contributed by atoms with Gasteiger partial charge in [-0.05, 0) is 43.4 Å². The molecule has 7 nitrogen and oxygen atoms in total. The second kappa shape index (κ2) is 7.16. The van der Waals surface area contributed by atoms with Gasteiger partial charge in [0.1, 0.15) is 5.00 Å². The number of carbonyl (C=O) groups excluding carboxylic acids is 2. The number of nitrogens with zero attached hydrogens (tertiary/aromatic N) is 1. The van der Waals surface area contributed by atoms with Gasteiger partial charge in [0.2, 0.25) is 5.91 Å². The molecular weight excluding hydrogens is 362 g/mol. The molecule has 2 aromatic rings. The molecule has 0 aromatic carbocycles. The Bertz CT molecular complexity index is 882. The fourth-order valence-corrected chi connectivity index (χ4v) is 4.78. The van der Waals surface area contributed by atoms with Gasteiger partial charge in [-0.15, -0.1) is 11.3 Å². The summed E-state index contributed by atoms with van der Waals surface area (Å²) in [6, 6.07) is 2.96. The number of thiophene rings is 2. The molecule has 0 fully saturated rings. The Morgan fingerprint density at radius 3 is 2.68 bits per heavy atom. The maximum atomic E-state index is 12.1. The number of nitro groups is 1. The zero-order valence-corrected chi connectivity index (χ0v) is 14.7. The van der Waals surface area contributed by atoms with E-state index >= 15 is 0 Å². The van der Waals surface area contributed by atoms with Gasteiger partial charge >= 0.3 is 5.00 Å². The lowest BCUT2D eigenvalue weighted by Gasteiger charge is -2.11. The van der Waals surface area contributed by atoms with E-state index in [1.807, 2.05) is 0 Å². The van der Waals surface area contributed by atoms with Crippen LogP contribution in [0.1, 0.15) is 38.5 Å². The molecule has 0 radical (unpaired) electrons. The van der Waals surface area contributed by atoms with Crippen LogP contribution in [-0.4, -0.2) is 16.7 Å². The van der Waals surface area contributed by atoms with E-state index in [4.69, 9.17) is 5.73 Å². The van der Waals surface area contributed by atoms with E-state index in [9.17, 15) is 19.7 Å². The molecule has 2 heterocycles. The molecule has 0 aliphatic heterocycles. The topological polar surface area (TPSA) is 115 Å². The number of nitrogens with one attached hydrogen (secondary N) is 1. The lowest BCUT2D eigenvalue weighted by atomic mass is 9.95. The van der Waals surface area contributed by atoms with Gasteiger partial charge in [0.25, 0.3) is 5.91 Å². The average molecular weight is 377 g/mol. The summed E-state index contributed by atoms with van der Waals surface area (Å²) in [7, 11) is 0. The Morgan fingerprint density at radius 2 is 2.00 bits per heavy atom. The fourth-order valence-electron chi connectivity index (χ4n) is 2.76. The van der Waals surface area contributed by atoms with E-state index in [2.05, 4.69) is 5.32 Å². The third kappa shape index (κ3) is 3.77. The van der Waals surface area contributed by atoms with Crippen LogP contribution in [0.2, 0.25) is 0 Å². The highest BCUT2D eigenvalue weighted by atomic mass is 32.1. The van der Waals surface area contributed by atoms with Crippen molar-refractivity contribution in [2.45, 2.75) is 25.7 Å². The van der Waals surface area contributed by atoms with E-state index in [0.29, 0.717) is 15.4 Å². The summed E-state index contributed by atoms with van der Waals surface area (Å²) < 4.78 is 0. The molecule has 0 spiro atoms. The van der Waals surface area contributed by atoms with Crippen LogP contribution in [0.4, 0.5) is 10.0 Å². The maximum Gasteiger partial charge on any atom is 0.324 e. The van der Waals surface area contributed by atoms with Crippen LogP contribution < -0.4 is 11.1 Å².